The van der Waals surface area contributed by atoms with Crippen molar-refractivity contribution in [3.63, 3.8) is 0 Å². The van der Waals surface area contributed by atoms with E-state index in [1.807, 2.05) is 42.5 Å². The van der Waals surface area contributed by atoms with E-state index in [0.29, 0.717) is 5.56 Å². The highest BCUT2D eigenvalue weighted by Crippen LogP contribution is 2.22. The van der Waals surface area contributed by atoms with Gasteiger partial charge in [-0.25, -0.2) is 0 Å². The SMILES string of the molecule is O=C(NNc1ccccc1[N+](=O)[O-])c1ccc(-c2ccccc2)cc1. The molecule has 0 radical (unpaired) electrons. The summed E-state index contributed by atoms with van der Waals surface area (Å²) in [5, 5.41) is 11.0. The number of amides is 1. The molecule has 0 bridgehead atoms. The van der Waals surface area contributed by atoms with E-state index in [-0.39, 0.29) is 17.3 Å². The van der Waals surface area contributed by atoms with Gasteiger partial charge in [0, 0.05) is 11.6 Å². The molecule has 0 saturated heterocycles. The molecule has 0 aliphatic heterocycles. The summed E-state index contributed by atoms with van der Waals surface area (Å²) in [6, 6.07) is 23.1. The molecular formula is C19H15N3O3. The van der Waals surface area contributed by atoms with Crippen LogP contribution in [0.5, 0.6) is 0 Å². The number of carbonyl (C=O) groups excluding carboxylic acids is 1. The van der Waals surface area contributed by atoms with Gasteiger partial charge in [-0.2, -0.15) is 0 Å². The van der Waals surface area contributed by atoms with E-state index in [1.165, 1.54) is 12.1 Å². The van der Waals surface area contributed by atoms with Gasteiger partial charge in [0.15, 0.2) is 0 Å². The van der Waals surface area contributed by atoms with Crippen molar-refractivity contribution < 1.29 is 9.72 Å². The van der Waals surface area contributed by atoms with Crippen LogP contribution in [-0.2, 0) is 0 Å². The third-order valence-corrected chi connectivity index (χ3v) is 3.67. The summed E-state index contributed by atoms with van der Waals surface area (Å²) in [6.07, 6.45) is 0. The zero-order valence-corrected chi connectivity index (χ0v) is 13.2. The fourth-order valence-electron chi connectivity index (χ4n) is 2.38. The molecule has 2 N–H and O–H groups in total. The van der Waals surface area contributed by atoms with Crippen LogP contribution in [0.25, 0.3) is 11.1 Å². The first-order chi connectivity index (χ1) is 12.1. The van der Waals surface area contributed by atoms with E-state index < -0.39 is 4.92 Å². The van der Waals surface area contributed by atoms with Crippen molar-refractivity contribution in [1.82, 2.24) is 5.43 Å². The number of rotatable bonds is 5. The normalized spacial score (nSPS) is 10.1. The molecule has 0 aromatic heterocycles. The Morgan fingerprint density at radius 3 is 2.08 bits per heavy atom. The van der Waals surface area contributed by atoms with Gasteiger partial charge in [0.25, 0.3) is 11.6 Å². The van der Waals surface area contributed by atoms with Gasteiger partial charge in [0.05, 0.1) is 4.92 Å². The maximum atomic E-state index is 12.2. The number of benzene rings is 3. The second-order valence-corrected chi connectivity index (χ2v) is 5.30. The molecule has 3 aromatic carbocycles. The molecule has 0 atom stereocenters. The largest absolute Gasteiger partial charge is 0.294 e. The minimum Gasteiger partial charge on any atom is -0.292 e. The minimum absolute atomic E-state index is 0.109. The highest BCUT2D eigenvalue weighted by Gasteiger charge is 2.13. The van der Waals surface area contributed by atoms with Gasteiger partial charge in [-0.3, -0.25) is 25.8 Å². The number of hydrogen-bond acceptors (Lipinski definition) is 4. The lowest BCUT2D eigenvalue weighted by molar-refractivity contribution is -0.384. The average Bonchev–Trinajstić information content (AvgIpc) is 2.67. The monoisotopic (exact) mass is 333 g/mol. The van der Waals surface area contributed by atoms with Crippen molar-refractivity contribution in [2.75, 3.05) is 5.43 Å². The van der Waals surface area contributed by atoms with Crippen LogP contribution < -0.4 is 10.9 Å². The zero-order valence-electron chi connectivity index (χ0n) is 13.2. The van der Waals surface area contributed by atoms with Gasteiger partial charge in [-0.1, -0.05) is 54.6 Å². The lowest BCUT2D eigenvalue weighted by Gasteiger charge is -2.09. The second-order valence-electron chi connectivity index (χ2n) is 5.30. The van der Waals surface area contributed by atoms with Crippen molar-refractivity contribution in [2.45, 2.75) is 0 Å². The standard InChI is InChI=1S/C19H15N3O3/c23-19(21-20-17-8-4-5-9-18(17)22(24)25)16-12-10-15(11-13-16)14-6-2-1-3-7-14/h1-13,20H,(H,21,23). The third-order valence-electron chi connectivity index (χ3n) is 3.67. The van der Waals surface area contributed by atoms with Crippen molar-refractivity contribution in [3.05, 3.63) is 94.5 Å². The summed E-state index contributed by atoms with van der Waals surface area (Å²) in [6.45, 7) is 0. The Balaban J connectivity index is 1.69. The lowest BCUT2D eigenvalue weighted by atomic mass is 10.0. The molecule has 0 spiro atoms. The molecule has 0 heterocycles. The van der Waals surface area contributed by atoms with Gasteiger partial charge < -0.3 is 0 Å². The summed E-state index contributed by atoms with van der Waals surface area (Å²) in [5.41, 5.74) is 7.70. The summed E-state index contributed by atoms with van der Waals surface area (Å²) in [4.78, 5) is 22.7. The van der Waals surface area contributed by atoms with Crippen LogP contribution in [-0.4, -0.2) is 10.8 Å². The van der Waals surface area contributed by atoms with E-state index >= 15 is 0 Å². The maximum Gasteiger partial charge on any atom is 0.294 e. The number of hydrazine groups is 1. The summed E-state index contributed by atoms with van der Waals surface area (Å²) >= 11 is 0. The highest BCUT2D eigenvalue weighted by atomic mass is 16.6. The first-order valence-electron chi connectivity index (χ1n) is 7.60. The van der Waals surface area contributed by atoms with Gasteiger partial charge in [-0.05, 0) is 29.3 Å². The Kier molecular flexibility index (Phi) is 4.71. The van der Waals surface area contributed by atoms with E-state index in [1.54, 1.807) is 24.3 Å². The van der Waals surface area contributed by atoms with Crippen molar-refractivity contribution in [1.29, 1.82) is 0 Å². The van der Waals surface area contributed by atoms with Crippen LogP contribution in [0, 0.1) is 10.1 Å². The Labute approximate surface area is 144 Å². The van der Waals surface area contributed by atoms with Crippen LogP contribution in [0.1, 0.15) is 10.4 Å². The minimum atomic E-state index is -0.511. The van der Waals surface area contributed by atoms with Crippen LogP contribution in [0.2, 0.25) is 0 Å². The smallest absolute Gasteiger partial charge is 0.292 e. The Morgan fingerprint density at radius 1 is 0.800 bits per heavy atom. The molecule has 3 aromatic rings. The molecule has 0 aliphatic carbocycles. The molecular weight excluding hydrogens is 318 g/mol. The Morgan fingerprint density at radius 2 is 1.40 bits per heavy atom. The van der Waals surface area contributed by atoms with E-state index in [9.17, 15) is 14.9 Å². The molecule has 25 heavy (non-hydrogen) atoms. The fraction of sp³-hybridized carbons (Fsp3) is 0. The van der Waals surface area contributed by atoms with Crippen LogP contribution in [0.4, 0.5) is 11.4 Å². The molecule has 0 aliphatic rings. The summed E-state index contributed by atoms with van der Waals surface area (Å²) in [5.74, 6) is -0.377. The van der Waals surface area contributed by atoms with Gasteiger partial charge in [0.1, 0.15) is 5.69 Å². The van der Waals surface area contributed by atoms with Crippen LogP contribution in [0.15, 0.2) is 78.9 Å². The fourth-order valence-corrected chi connectivity index (χ4v) is 2.38. The molecule has 124 valence electrons. The first kappa shape index (κ1) is 16.2. The Hall–Kier alpha value is -3.67. The number of nitro groups is 1. The number of nitrogens with zero attached hydrogens (tertiary/aromatic N) is 1. The van der Waals surface area contributed by atoms with Gasteiger partial charge >= 0.3 is 0 Å². The quantitative estimate of drug-likeness (QED) is 0.545. The molecule has 6 heteroatoms. The first-order valence-corrected chi connectivity index (χ1v) is 7.60. The van der Waals surface area contributed by atoms with Gasteiger partial charge in [0.2, 0.25) is 0 Å². The average molecular weight is 333 g/mol. The molecule has 3 rings (SSSR count). The third kappa shape index (κ3) is 3.81. The number of nitrogens with one attached hydrogen (secondary N) is 2. The van der Waals surface area contributed by atoms with Crippen LogP contribution >= 0.6 is 0 Å². The lowest BCUT2D eigenvalue weighted by Crippen LogP contribution is -2.29. The predicted octanol–water partition coefficient (Wildman–Crippen LogP) is 4.02. The zero-order chi connectivity index (χ0) is 17.6. The van der Waals surface area contributed by atoms with E-state index in [4.69, 9.17) is 0 Å². The highest BCUT2D eigenvalue weighted by molar-refractivity contribution is 5.95. The van der Waals surface area contributed by atoms with Crippen LogP contribution in [0.3, 0.4) is 0 Å². The van der Waals surface area contributed by atoms with E-state index in [0.717, 1.165) is 11.1 Å². The molecule has 6 nitrogen and oxygen atoms in total. The van der Waals surface area contributed by atoms with Crippen molar-refractivity contribution in [3.8, 4) is 11.1 Å². The second kappa shape index (κ2) is 7.27. The number of nitro benzene ring substituents is 1. The summed E-state index contributed by atoms with van der Waals surface area (Å²) in [7, 11) is 0. The number of anilines is 1. The molecule has 0 saturated carbocycles. The Bertz CT molecular complexity index is 893. The number of hydrogen-bond donors (Lipinski definition) is 2. The molecule has 1 amide bonds. The van der Waals surface area contributed by atoms with Crippen molar-refractivity contribution >= 4 is 17.3 Å². The predicted molar refractivity (Wildman–Crippen MR) is 96.1 cm³/mol. The van der Waals surface area contributed by atoms with E-state index in [2.05, 4.69) is 10.9 Å². The molecule has 0 fully saturated rings. The van der Waals surface area contributed by atoms with Crippen molar-refractivity contribution in [2.24, 2.45) is 0 Å². The van der Waals surface area contributed by atoms with Gasteiger partial charge in [-0.15, -0.1) is 0 Å². The topological polar surface area (TPSA) is 84.3 Å². The molecule has 0 unspecified atom stereocenters. The number of para-hydroxylation sites is 2. The summed E-state index contributed by atoms with van der Waals surface area (Å²) < 4.78 is 0. The maximum absolute atomic E-state index is 12.2. The number of carbonyl (C=O) groups is 1.